The lowest BCUT2D eigenvalue weighted by atomic mass is 10.0. The molecule has 0 N–H and O–H groups in total. The van der Waals surface area contributed by atoms with Gasteiger partial charge >= 0.3 is 0 Å². The van der Waals surface area contributed by atoms with Crippen molar-refractivity contribution >= 4 is 17.9 Å². The van der Waals surface area contributed by atoms with Crippen LogP contribution in [0.25, 0.3) is 11.6 Å². The highest BCUT2D eigenvalue weighted by atomic mass is 16.5. The lowest BCUT2D eigenvalue weighted by Crippen LogP contribution is -1.99. The first-order valence-corrected chi connectivity index (χ1v) is 9.42. The molecule has 0 atom stereocenters. The van der Waals surface area contributed by atoms with Crippen LogP contribution in [0.4, 0.5) is 0 Å². The molecule has 154 valence electrons. The fourth-order valence-corrected chi connectivity index (χ4v) is 3.01. The van der Waals surface area contributed by atoms with Crippen molar-refractivity contribution in [1.82, 2.24) is 0 Å². The van der Waals surface area contributed by atoms with E-state index >= 15 is 0 Å². The topological polar surface area (TPSA) is 54.0 Å². The largest absolute Gasteiger partial charge is 0.493 e. The Labute approximate surface area is 176 Å². The fraction of sp³-hybridized carbons (Fsp3) is 0.160. The van der Waals surface area contributed by atoms with Gasteiger partial charge in [-0.15, -0.1) is 0 Å². The molecule has 0 fully saturated rings. The SMILES string of the molecule is COc1ccc(/C=C(/C=O)c2ccc(OC)c(OCc3ccccc3)c2)cc1OC. The van der Waals surface area contributed by atoms with E-state index in [0.717, 1.165) is 23.0 Å². The van der Waals surface area contributed by atoms with E-state index in [0.29, 0.717) is 35.2 Å². The molecule has 0 spiro atoms. The summed E-state index contributed by atoms with van der Waals surface area (Å²) in [4.78, 5) is 11.8. The van der Waals surface area contributed by atoms with Crippen LogP contribution in [0, 0.1) is 0 Å². The summed E-state index contributed by atoms with van der Waals surface area (Å²) in [6.07, 6.45) is 2.61. The van der Waals surface area contributed by atoms with Crippen LogP contribution >= 0.6 is 0 Å². The smallest absolute Gasteiger partial charge is 0.162 e. The molecule has 30 heavy (non-hydrogen) atoms. The molecular weight excluding hydrogens is 380 g/mol. The summed E-state index contributed by atoms with van der Waals surface area (Å²) in [5.41, 5.74) is 3.09. The number of allylic oxidation sites excluding steroid dienone is 1. The summed E-state index contributed by atoms with van der Waals surface area (Å²) in [5.74, 6) is 2.39. The van der Waals surface area contributed by atoms with E-state index in [4.69, 9.17) is 18.9 Å². The Balaban J connectivity index is 1.90. The first-order chi connectivity index (χ1) is 14.7. The molecule has 0 aromatic heterocycles. The molecule has 0 heterocycles. The summed E-state index contributed by atoms with van der Waals surface area (Å²) >= 11 is 0. The molecule has 0 aliphatic heterocycles. The van der Waals surface area contributed by atoms with Crippen LogP contribution in [-0.2, 0) is 11.4 Å². The second-order valence-corrected chi connectivity index (χ2v) is 6.47. The zero-order valence-electron chi connectivity index (χ0n) is 17.3. The van der Waals surface area contributed by atoms with E-state index in [1.54, 1.807) is 39.5 Å². The number of rotatable bonds is 9. The molecule has 0 unspecified atom stereocenters. The predicted octanol–water partition coefficient (Wildman–Crippen LogP) is 5.03. The van der Waals surface area contributed by atoms with Crippen molar-refractivity contribution in [2.24, 2.45) is 0 Å². The van der Waals surface area contributed by atoms with Gasteiger partial charge in [-0.3, -0.25) is 4.79 Å². The first kappa shape index (κ1) is 21.0. The van der Waals surface area contributed by atoms with Crippen LogP contribution in [0.3, 0.4) is 0 Å². The van der Waals surface area contributed by atoms with Crippen LogP contribution in [0.1, 0.15) is 16.7 Å². The van der Waals surface area contributed by atoms with Gasteiger partial charge < -0.3 is 18.9 Å². The van der Waals surface area contributed by atoms with Gasteiger partial charge in [-0.25, -0.2) is 0 Å². The standard InChI is InChI=1S/C25H24O5/c1-27-22-11-9-19(14-24(22)29-3)13-21(16-26)20-10-12-23(28-2)25(15-20)30-17-18-7-5-4-6-8-18/h4-16H,17H2,1-3H3/b21-13-. The number of methoxy groups -OCH3 is 3. The Kier molecular flexibility index (Phi) is 7.11. The second kappa shape index (κ2) is 10.2. The zero-order chi connectivity index (χ0) is 21.3. The molecule has 3 aromatic carbocycles. The molecule has 0 aliphatic carbocycles. The maximum atomic E-state index is 11.8. The number of carbonyl (C=O) groups excluding carboxylic acids is 1. The van der Waals surface area contributed by atoms with Gasteiger partial charge in [0.15, 0.2) is 29.3 Å². The van der Waals surface area contributed by atoms with Gasteiger partial charge in [-0.05, 0) is 47.0 Å². The van der Waals surface area contributed by atoms with Gasteiger partial charge in [-0.1, -0.05) is 42.5 Å². The van der Waals surface area contributed by atoms with Crippen molar-refractivity contribution in [1.29, 1.82) is 0 Å². The van der Waals surface area contributed by atoms with E-state index < -0.39 is 0 Å². The monoisotopic (exact) mass is 404 g/mol. The third kappa shape index (κ3) is 5.00. The zero-order valence-corrected chi connectivity index (χ0v) is 17.3. The van der Waals surface area contributed by atoms with Crippen LogP contribution < -0.4 is 18.9 Å². The molecule has 0 radical (unpaired) electrons. The Morgan fingerprint density at radius 2 is 1.43 bits per heavy atom. The van der Waals surface area contributed by atoms with Crippen molar-refractivity contribution in [3.05, 3.63) is 83.4 Å². The first-order valence-electron chi connectivity index (χ1n) is 9.42. The fourth-order valence-electron chi connectivity index (χ4n) is 3.01. The average Bonchev–Trinajstić information content (AvgIpc) is 2.81. The molecule has 0 saturated heterocycles. The van der Waals surface area contributed by atoms with E-state index in [9.17, 15) is 4.79 Å². The Bertz CT molecular complexity index is 1020. The highest BCUT2D eigenvalue weighted by molar-refractivity contribution is 6.13. The van der Waals surface area contributed by atoms with Crippen LogP contribution in [0.2, 0.25) is 0 Å². The molecule has 5 nitrogen and oxygen atoms in total. The number of carbonyl (C=O) groups is 1. The van der Waals surface area contributed by atoms with E-state index in [2.05, 4.69) is 0 Å². The van der Waals surface area contributed by atoms with Crippen LogP contribution in [0.5, 0.6) is 23.0 Å². The summed E-state index contributed by atoms with van der Waals surface area (Å²) in [6.45, 7) is 0.399. The minimum atomic E-state index is 0.399. The molecule has 0 aliphatic rings. The van der Waals surface area contributed by atoms with Crippen molar-refractivity contribution in [3.8, 4) is 23.0 Å². The summed E-state index contributed by atoms with van der Waals surface area (Å²) in [7, 11) is 4.74. The molecule has 0 amide bonds. The third-order valence-electron chi connectivity index (χ3n) is 4.59. The minimum Gasteiger partial charge on any atom is -0.493 e. The van der Waals surface area contributed by atoms with Crippen molar-refractivity contribution in [3.63, 3.8) is 0 Å². The maximum Gasteiger partial charge on any atom is 0.162 e. The number of benzene rings is 3. The molecule has 0 saturated carbocycles. The highest BCUT2D eigenvalue weighted by Gasteiger charge is 2.10. The van der Waals surface area contributed by atoms with E-state index in [-0.39, 0.29) is 0 Å². The quantitative estimate of drug-likeness (QED) is 0.284. The third-order valence-corrected chi connectivity index (χ3v) is 4.59. The molecule has 5 heteroatoms. The number of hydrogen-bond acceptors (Lipinski definition) is 5. The average molecular weight is 404 g/mol. The van der Waals surface area contributed by atoms with Crippen molar-refractivity contribution in [2.75, 3.05) is 21.3 Å². The lowest BCUT2D eigenvalue weighted by molar-refractivity contribution is -0.103. The summed E-state index contributed by atoms with van der Waals surface area (Å²) in [6, 6.07) is 20.8. The summed E-state index contributed by atoms with van der Waals surface area (Å²) in [5, 5.41) is 0. The van der Waals surface area contributed by atoms with E-state index in [1.807, 2.05) is 54.6 Å². The van der Waals surface area contributed by atoms with Gasteiger partial charge in [-0.2, -0.15) is 0 Å². The number of hydrogen-bond donors (Lipinski definition) is 0. The molecule has 3 aromatic rings. The second-order valence-electron chi connectivity index (χ2n) is 6.47. The van der Waals surface area contributed by atoms with Gasteiger partial charge in [0.2, 0.25) is 0 Å². The Morgan fingerprint density at radius 3 is 2.10 bits per heavy atom. The predicted molar refractivity (Wildman–Crippen MR) is 117 cm³/mol. The van der Waals surface area contributed by atoms with Gasteiger partial charge in [0, 0.05) is 5.57 Å². The van der Waals surface area contributed by atoms with Gasteiger partial charge in [0.1, 0.15) is 6.61 Å². The Hall–Kier alpha value is -3.73. The van der Waals surface area contributed by atoms with Gasteiger partial charge in [0.05, 0.1) is 21.3 Å². The van der Waals surface area contributed by atoms with Crippen molar-refractivity contribution < 1.29 is 23.7 Å². The van der Waals surface area contributed by atoms with E-state index in [1.165, 1.54) is 0 Å². The highest BCUT2D eigenvalue weighted by Crippen LogP contribution is 2.33. The number of aldehydes is 1. The van der Waals surface area contributed by atoms with Crippen molar-refractivity contribution in [2.45, 2.75) is 6.61 Å². The maximum absolute atomic E-state index is 11.8. The Morgan fingerprint density at radius 1 is 0.767 bits per heavy atom. The molecular formula is C25H24O5. The number of ether oxygens (including phenoxy) is 4. The lowest BCUT2D eigenvalue weighted by Gasteiger charge is -2.13. The molecule has 0 bridgehead atoms. The normalized spacial score (nSPS) is 11.0. The van der Waals surface area contributed by atoms with Crippen LogP contribution in [0.15, 0.2) is 66.7 Å². The minimum absolute atomic E-state index is 0.399. The van der Waals surface area contributed by atoms with Gasteiger partial charge in [0.25, 0.3) is 0 Å². The summed E-state index contributed by atoms with van der Waals surface area (Å²) < 4.78 is 22.0. The van der Waals surface area contributed by atoms with Crippen LogP contribution in [-0.4, -0.2) is 27.6 Å². The molecule has 3 rings (SSSR count).